The van der Waals surface area contributed by atoms with E-state index in [2.05, 4.69) is 18.7 Å². The van der Waals surface area contributed by atoms with Crippen LogP contribution in [-0.4, -0.2) is 24.0 Å². The van der Waals surface area contributed by atoms with Crippen LogP contribution in [0.5, 0.6) is 0 Å². The topological polar surface area (TPSA) is 3.24 Å². The number of hydrogen-bond donors (Lipinski definition) is 0. The number of hydrogen-bond acceptors (Lipinski definition) is 1. The molecule has 1 nitrogen and oxygen atoms in total. The lowest BCUT2D eigenvalue weighted by molar-refractivity contribution is -0.0379. The highest BCUT2D eigenvalue weighted by Crippen LogP contribution is 2.49. The quantitative estimate of drug-likeness (QED) is 0.687. The highest BCUT2D eigenvalue weighted by Gasteiger charge is 2.44. The second-order valence-electron chi connectivity index (χ2n) is 7.06. The minimum Gasteiger partial charge on any atom is -0.300 e. The molecule has 2 aliphatic carbocycles. The summed E-state index contributed by atoms with van der Waals surface area (Å²) in [5, 5.41) is 0. The third-order valence-corrected chi connectivity index (χ3v) is 5.71. The smallest absolute Gasteiger partial charge is 0.0101 e. The zero-order valence-corrected chi connectivity index (χ0v) is 11.0. The van der Waals surface area contributed by atoms with Crippen molar-refractivity contribution in [3.63, 3.8) is 0 Å². The molecule has 1 saturated heterocycles. The second kappa shape index (κ2) is 4.01. The second-order valence-corrected chi connectivity index (χ2v) is 7.06. The third-order valence-electron chi connectivity index (χ3n) is 5.71. The van der Waals surface area contributed by atoms with Gasteiger partial charge in [-0.15, -0.1) is 0 Å². The summed E-state index contributed by atoms with van der Waals surface area (Å²) in [5.41, 5.74) is 0.793. The van der Waals surface area contributed by atoms with Crippen LogP contribution in [0, 0.1) is 17.3 Å². The summed E-state index contributed by atoms with van der Waals surface area (Å²) in [6.07, 6.45) is 10.6. The summed E-state index contributed by atoms with van der Waals surface area (Å²) in [7, 11) is 0. The summed E-state index contributed by atoms with van der Waals surface area (Å²) < 4.78 is 0. The SMILES string of the molecule is CC(C)C1CC(N2CCCC3(CCC3)C2)C1. The Kier molecular flexibility index (Phi) is 2.78. The van der Waals surface area contributed by atoms with E-state index in [1.54, 1.807) is 0 Å². The molecule has 0 aromatic heterocycles. The molecule has 3 rings (SSSR count). The maximum absolute atomic E-state index is 2.85. The van der Waals surface area contributed by atoms with Gasteiger partial charge in [-0.2, -0.15) is 0 Å². The van der Waals surface area contributed by atoms with Crippen molar-refractivity contribution in [2.24, 2.45) is 17.3 Å². The molecule has 1 heteroatoms. The summed E-state index contributed by atoms with van der Waals surface area (Å²) in [4.78, 5) is 2.85. The van der Waals surface area contributed by atoms with Crippen molar-refractivity contribution in [1.29, 1.82) is 0 Å². The summed E-state index contributed by atoms with van der Waals surface area (Å²) in [5.74, 6) is 1.95. The molecule has 3 aliphatic rings. The molecule has 0 radical (unpaired) electrons. The molecule has 92 valence electrons. The minimum atomic E-state index is 0.793. The lowest BCUT2D eigenvalue weighted by atomic mass is 9.63. The Morgan fingerprint density at radius 1 is 1.06 bits per heavy atom. The van der Waals surface area contributed by atoms with Crippen LogP contribution in [0.4, 0.5) is 0 Å². The Hall–Kier alpha value is -0.0400. The predicted molar refractivity (Wildman–Crippen MR) is 68.4 cm³/mol. The first-order valence-electron chi connectivity index (χ1n) is 7.43. The molecule has 0 aromatic rings. The molecule has 0 N–H and O–H groups in total. The van der Waals surface area contributed by atoms with Crippen molar-refractivity contribution in [3.8, 4) is 0 Å². The van der Waals surface area contributed by atoms with Gasteiger partial charge in [0, 0.05) is 12.6 Å². The lowest BCUT2D eigenvalue weighted by Gasteiger charge is -2.54. The Morgan fingerprint density at radius 3 is 2.31 bits per heavy atom. The fraction of sp³-hybridized carbons (Fsp3) is 1.00. The van der Waals surface area contributed by atoms with Crippen LogP contribution in [0.1, 0.15) is 58.8 Å². The van der Waals surface area contributed by atoms with Crippen LogP contribution >= 0.6 is 0 Å². The number of piperidine rings is 1. The van der Waals surface area contributed by atoms with Gasteiger partial charge in [0.05, 0.1) is 0 Å². The maximum atomic E-state index is 2.85. The monoisotopic (exact) mass is 221 g/mol. The van der Waals surface area contributed by atoms with Crippen LogP contribution in [0.15, 0.2) is 0 Å². The average molecular weight is 221 g/mol. The van der Waals surface area contributed by atoms with Crippen molar-refractivity contribution < 1.29 is 0 Å². The Balaban J connectivity index is 1.52. The Bertz CT molecular complexity index is 248. The average Bonchev–Trinajstić information content (AvgIpc) is 2.13. The van der Waals surface area contributed by atoms with E-state index in [4.69, 9.17) is 0 Å². The van der Waals surface area contributed by atoms with E-state index < -0.39 is 0 Å². The van der Waals surface area contributed by atoms with Crippen molar-refractivity contribution in [2.45, 2.75) is 64.8 Å². The van der Waals surface area contributed by atoms with Crippen molar-refractivity contribution >= 4 is 0 Å². The van der Waals surface area contributed by atoms with Gasteiger partial charge in [0.25, 0.3) is 0 Å². The van der Waals surface area contributed by atoms with Gasteiger partial charge in [-0.3, -0.25) is 4.90 Å². The number of rotatable bonds is 2. The van der Waals surface area contributed by atoms with Crippen molar-refractivity contribution in [3.05, 3.63) is 0 Å². The fourth-order valence-electron chi connectivity index (χ4n) is 4.12. The van der Waals surface area contributed by atoms with Gasteiger partial charge in [-0.1, -0.05) is 20.3 Å². The van der Waals surface area contributed by atoms with Crippen LogP contribution < -0.4 is 0 Å². The zero-order chi connectivity index (χ0) is 11.2. The van der Waals surface area contributed by atoms with E-state index in [1.807, 2.05) is 0 Å². The molecule has 0 atom stereocenters. The van der Waals surface area contributed by atoms with E-state index in [0.29, 0.717) is 0 Å². The molecule has 16 heavy (non-hydrogen) atoms. The number of nitrogens with zero attached hydrogens (tertiary/aromatic N) is 1. The Morgan fingerprint density at radius 2 is 1.75 bits per heavy atom. The molecular weight excluding hydrogens is 194 g/mol. The van der Waals surface area contributed by atoms with Gasteiger partial charge in [0.1, 0.15) is 0 Å². The Labute approximate surface area is 101 Å². The van der Waals surface area contributed by atoms with E-state index in [9.17, 15) is 0 Å². The highest BCUT2D eigenvalue weighted by atomic mass is 15.2. The normalized spacial score (nSPS) is 38.4. The van der Waals surface area contributed by atoms with Gasteiger partial charge >= 0.3 is 0 Å². The molecule has 0 bridgehead atoms. The van der Waals surface area contributed by atoms with Crippen LogP contribution in [0.25, 0.3) is 0 Å². The van der Waals surface area contributed by atoms with Crippen LogP contribution in [0.2, 0.25) is 0 Å². The van der Waals surface area contributed by atoms with Crippen LogP contribution in [-0.2, 0) is 0 Å². The summed E-state index contributed by atoms with van der Waals surface area (Å²) in [6, 6.07) is 0.963. The molecule has 0 aromatic carbocycles. The van der Waals surface area contributed by atoms with E-state index in [1.165, 1.54) is 58.0 Å². The molecule has 0 unspecified atom stereocenters. The van der Waals surface area contributed by atoms with E-state index >= 15 is 0 Å². The number of likely N-dealkylation sites (tertiary alicyclic amines) is 1. The summed E-state index contributed by atoms with van der Waals surface area (Å²) in [6.45, 7) is 7.63. The fourth-order valence-corrected chi connectivity index (χ4v) is 4.12. The molecule has 1 spiro atoms. The van der Waals surface area contributed by atoms with E-state index in [0.717, 1.165) is 23.3 Å². The molecule has 3 fully saturated rings. The summed E-state index contributed by atoms with van der Waals surface area (Å²) >= 11 is 0. The first-order valence-corrected chi connectivity index (χ1v) is 7.43. The van der Waals surface area contributed by atoms with Gasteiger partial charge in [-0.05, 0) is 62.3 Å². The molecule has 2 saturated carbocycles. The first kappa shape index (κ1) is 11.1. The molecule has 0 amide bonds. The van der Waals surface area contributed by atoms with Crippen molar-refractivity contribution in [2.75, 3.05) is 13.1 Å². The largest absolute Gasteiger partial charge is 0.300 e. The molecule has 1 aliphatic heterocycles. The minimum absolute atomic E-state index is 0.793. The predicted octanol–water partition coefficient (Wildman–Crippen LogP) is 3.69. The third kappa shape index (κ3) is 1.81. The van der Waals surface area contributed by atoms with Gasteiger partial charge in [0.15, 0.2) is 0 Å². The van der Waals surface area contributed by atoms with Crippen molar-refractivity contribution in [1.82, 2.24) is 4.90 Å². The lowest BCUT2D eigenvalue weighted by Crippen LogP contribution is -2.54. The maximum Gasteiger partial charge on any atom is 0.0101 e. The standard InChI is InChI=1S/C15H27N/c1-12(2)13-9-14(10-13)16-8-4-7-15(11-16)5-3-6-15/h12-14H,3-11H2,1-2H3. The highest BCUT2D eigenvalue weighted by molar-refractivity contribution is 4.97. The first-order chi connectivity index (χ1) is 7.69. The molecule has 1 heterocycles. The van der Waals surface area contributed by atoms with Gasteiger partial charge < -0.3 is 0 Å². The molecular formula is C15H27N. The zero-order valence-electron chi connectivity index (χ0n) is 11.0. The van der Waals surface area contributed by atoms with Gasteiger partial charge in [0.2, 0.25) is 0 Å². The van der Waals surface area contributed by atoms with E-state index in [-0.39, 0.29) is 0 Å². The van der Waals surface area contributed by atoms with Gasteiger partial charge in [-0.25, -0.2) is 0 Å². The van der Waals surface area contributed by atoms with Crippen LogP contribution in [0.3, 0.4) is 0 Å².